The first-order valence-electron chi connectivity index (χ1n) is 6.44. The molecule has 0 spiro atoms. The van der Waals surface area contributed by atoms with Crippen LogP contribution in [0.5, 0.6) is 0 Å². The van der Waals surface area contributed by atoms with Crippen LogP contribution in [0.4, 0.5) is 0 Å². The number of fused-ring (bicyclic) bond motifs is 1. The number of hydrogen-bond donors (Lipinski definition) is 0. The van der Waals surface area contributed by atoms with Gasteiger partial charge in [0.1, 0.15) is 0 Å². The molecule has 0 N–H and O–H groups in total. The van der Waals surface area contributed by atoms with E-state index in [0.29, 0.717) is 17.4 Å². The number of benzene rings is 2. The van der Waals surface area contributed by atoms with E-state index in [4.69, 9.17) is 7.85 Å². The Balaban J connectivity index is 1.85. The second kappa shape index (κ2) is 4.97. The molecule has 0 aliphatic carbocycles. The van der Waals surface area contributed by atoms with E-state index >= 15 is 0 Å². The third kappa shape index (κ3) is 2.03. The van der Waals surface area contributed by atoms with Gasteiger partial charge in [-0.15, -0.1) is 0 Å². The molecule has 0 saturated carbocycles. The lowest BCUT2D eigenvalue weighted by Crippen LogP contribution is -2.29. The molecule has 96 valence electrons. The van der Waals surface area contributed by atoms with Gasteiger partial charge in [-0.25, -0.2) is 0 Å². The first-order valence-corrected chi connectivity index (χ1v) is 6.44. The van der Waals surface area contributed by atoms with Crippen LogP contribution in [0.2, 0.25) is 0 Å². The maximum absolute atomic E-state index is 12.2. The molecule has 1 aliphatic rings. The standard InChI is InChI=1S/C16H12BNO2/c17-9-11-5-7-12(8-6-11)10-18-15(19)13-3-1-2-4-14(13)16(18)20/h1-8H,9-10H2. The largest absolute Gasteiger partial charge is 0.270 e. The zero-order valence-corrected chi connectivity index (χ0v) is 10.9. The number of hydrogen-bond acceptors (Lipinski definition) is 2. The zero-order valence-electron chi connectivity index (χ0n) is 10.9. The van der Waals surface area contributed by atoms with Gasteiger partial charge in [-0.3, -0.25) is 14.5 Å². The van der Waals surface area contributed by atoms with Crippen molar-refractivity contribution in [3.63, 3.8) is 0 Å². The fourth-order valence-corrected chi connectivity index (χ4v) is 2.35. The van der Waals surface area contributed by atoms with E-state index in [0.717, 1.165) is 11.1 Å². The molecule has 2 amide bonds. The quantitative estimate of drug-likeness (QED) is 0.627. The molecule has 1 aliphatic heterocycles. The first kappa shape index (κ1) is 12.7. The molecular formula is C16H12BNO2. The summed E-state index contributed by atoms with van der Waals surface area (Å²) in [4.78, 5) is 25.7. The van der Waals surface area contributed by atoms with E-state index in [1.807, 2.05) is 24.3 Å². The molecular weight excluding hydrogens is 249 g/mol. The van der Waals surface area contributed by atoms with E-state index in [2.05, 4.69) is 0 Å². The predicted octanol–water partition coefficient (Wildman–Crippen LogP) is 2.15. The van der Waals surface area contributed by atoms with Crippen molar-refractivity contribution in [2.75, 3.05) is 0 Å². The van der Waals surface area contributed by atoms with E-state index in [1.165, 1.54) is 4.90 Å². The highest BCUT2D eigenvalue weighted by atomic mass is 16.2. The average Bonchev–Trinajstić information content (AvgIpc) is 2.74. The van der Waals surface area contributed by atoms with Crippen LogP contribution in [-0.2, 0) is 12.9 Å². The van der Waals surface area contributed by atoms with E-state index in [-0.39, 0.29) is 18.4 Å². The Labute approximate surface area is 118 Å². The summed E-state index contributed by atoms with van der Waals surface area (Å²) < 4.78 is 0. The van der Waals surface area contributed by atoms with Gasteiger partial charge < -0.3 is 0 Å². The van der Waals surface area contributed by atoms with Crippen LogP contribution in [0.25, 0.3) is 0 Å². The van der Waals surface area contributed by atoms with Crippen LogP contribution >= 0.6 is 0 Å². The molecule has 0 unspecified atom stereocenters. The smallest absolute Gasteiger partial charge is 0.261 e. The molecule has 1 heterocycles. The van der Waals surface area contributed by atoms with Crippen molar-refractivity contribution < 1.29 is 9.59 Å². The lowest BCUT2D eigenvalue weighted by Gasteiger charge is -2.14. The minimum atomic E-state index is -0.228. The zero-order chi connectivity index (χ0) is 14.1. The van der Waals surface area contributed by atoms with Gasteiger partial charge in [-0.1, -0.05) is 48.3 Å². The summed E-state index contributed by atoms with van der Waals surface area (Å²) in [6.07, 6.45) is 0.479. The highest BCUT2D eigenvalue weighted by Gasteiger charge is 2.34. The third-order valence-corrected chi connectivity index (χ3v) is 3.48. The Morgan fingerprint density at radius 2 is 1.30 bits per heavy atom. The van der Waals surface area contributed by atoms with Gasteiger partial charge in [0.25, 0.3) is 11.8 Å². The van der Waals surface area contributed by atoms with Gasteiger partial charge in [-0.05, 0) is 17.7 Å². The average molecular weight is 261 g/mol. The summed E-state index contributed by atoms with van der Waals surface area (Å²) in [5.41, 5.74) is 2.90. The Morgan fingerprint density at radius 1 is 0.800 bits per heavy atom. The summed E-state index contributed by atoms with van der Waals surface area (Å²) in [5, 5.41) is 0. The maximum atomic E-state index is 12.2. The minimum absolute atomic E-state index is 0.228. The van der Waals surface area contributed by atoms with Crippen LogP contribution in [-0.4, -0.2) is 24.6 Å². The molecule has 2 radical (unpaired) electrons. The first-order chi connectivity index (χ1) is 9.70. The van der Waals surface area contributed by atoms with Crippen molar-refractivity contribution in [3.8, 4) is 0 Å². The van der Waals surface area contributed by atoms with E-state index in [1.54, 1.807) is 24.3 Å². The minimum Gasteiger partial charge on any atom is -0.270 e. The Bertz CT molecular complexity index is 644. The van der Waals surface area contributed by atoms with Crippen molar-refractivity contribution in [2.45, 2.75) is 12.9 Å². The molecule has 0 atom stereocenters. The van der Waals surface area contributed by atoms with Gasteiger partial charge in [0.15, 0.2) is 0 Å². The molecule has 0 bridgehead atoms. The van der Waals surface area contributed by atoms with Crippen molar-refractivity contribution in [2.24, 2.45) is 0 Å². The van der Waals surface area contributed by atoms with Gasteiger partial charge in [0.05, 0.1) is 25.5 Å². The van der Waals surface area contributed by atoms with Crippen molar-refractivity contribution in [3.05, 3.63) is 70.8 Å². The fraction of sp³-hybridized carbons (Fsp3) is 0.125. The summed E-state index contributed by atoms with van der Waals surface area (Å²) in [6, 6.07) is 14.5. The fourth-order valence-electron chi connectivity index (χ4n) is 2.35. The second-order valence-electron chi connectivity index (χ2n) is 4.76. The summed E-state index contributed by atoms with van der Waals surface area (Å²) >= 11 is 0. The van der Waals surface area contributed by atoms with Crippen LogP contribution < -0.4 is 0 Å². The van der Waals surface area contributed by atoms with Crippen LogP contribution in [0, 0.1) is 0 Å². The van der Waals surface area contributed by atoms with Gasteiger partial charge in [-0.2, -0.15) is 0 Å². The SMILES string of the molecule is [B]Cc1ccc(CN2C(=O)c3ccccc3C2=O)cc1. The molecule has 4 heteroatoms. The third-order valence-electron chi connectivity index (χ3n) is 3.48. The van der Waals surface area contributed by atoms with Gasteiger partial charge >= 0.3 is 0 Å². The molecule has 3 nitrogen and oxygen atoms in total. The van der Waals surface area contributed by atoms with Crippen LogP contribution in [0.1, 0.15) is 31.8 Å². The Morgan fingerprint density at radius 3 is 1.80 bits per heavy atom. The van der Waals surface area contributed by atoms with Gasteiger partial charge in [0, 0.05) is 0 Å². The maximum Gasteiger partial charge on any atom is 0.261 e. The molecule has 3 rings (SSSR count). The molecule has 0 aromatic heterocycles. The molecule has 0 saturated heterocycles. The van der Waals surface area contributed by atoms with Gasteiger partial charge in [0.2, 0.25) is 0 Å². The number of rotatable bonds is 3. The Kier molecular flexibility index (Phi) is 3.14. The molecule has 2 aromatic carbocycles. The summed E-state index contributed by atoms with van der Waals surface area (Å²) in [5.74, 6) is -0.456. The van der Waals surface area contributed by atoms with E-state index in [9.17, 15) is 9.59 Å². The number of imide groups is 1. The highest BCUT2D eigenvalue weighted by Crippen LogP contribution is 2.24. The summed E-state index contributed by atoms with van der Waals surface area (Å²) in [7, 11) is 5.55. The monoisotopic (exact) mass is 261 g/mol. The number of carbonyl (C=O) groups excluding carboxylic acids is 2. The molecule has 0 fully saturated rings. The Hall–Kier alpha value is -2.36. The van der Waals surface area contributed by atoms with Crippen LogP contribution in [0.3, 0.4) is 0 Å². The highest BCUT2D eigenvalue weighted by molar-refractivity contribution is 6.21. The topological polar surface area (TPSA) is 37.4 Å². The second-order valence-corrected chi connectivity index (χ2v) is 4.76. The van der Waals surface area contributed by atoms with Crippen LogP contribution in [0.15, 0.2) is 48.5 Å². The lowest BCUT2D eigenvalue weighted by atomic mass is 9.96. The molecule has 2 aromatic rings. The summed E-state index contributed by atoms with van der Waals surface area (Å²) in [6.45, 7) is 0.289. The van der Waals surface area contributed by atoms with Crippen molar-refractivity contribution >= 4 is 19.7 Å². The lowest BCUT2D eigenvalue weighted by molar-refractivity contribution is 0.0642. The predicted molar refractivity (Wildman–Crippen MR) is 76.5 cm³/mol. The van der Waals surface area contributed by atoms with Crippen molar-refractivity contribution in [1.29, 1.82) is 0 Å². The van der Waals surface area contributed by atoms with Crippen molar-refractivity contribution in [1.82, 2.24) is 4.90 Å². The normalized spacial score (nSPS) is 13.7. The number of carbonyl (C=O) groups is 2. The van der Waals surface area contributed by atoms with E-state index < -0.39 is 0 Å². The number of nitrogens with zero attached hydrogens (tertiary/aromatic N) is 1. The molecule has 20 heavy (non-hydrogen) atoms. The number of amides is 2.